The first kappa shape index (κ1) is 7.80. The monoisotopic (exact) mass is 172 g/mol. The van der Waals surface area contributed by atoms with Gasteiger partial charge in [0.1, 0.15) is 5.75 Å². The topological polar surface area (TPSA) is 26.3 Å². The standard InChI is InChI=1S/C11H8O2/c1-2-5-10-11(12)8-6-3-4-7-9(8)13-10/h2-7H,1H2/b10-5-. The Hall–Kier alpha value is -1.83. The molecule has 0 fully saturated rings. The average Bonchev–Trinajstić information content (AvgIpc) is 2.46. The molecule has 1 aromatic carbocycles. The Bertz CT molecular complexity index is 402. The first-order valence-electron chi connectivity index (χ1n) is 3.97. The minimum atomic E-state index is -0.0736. The van der Waals surface area contributed by atoms with Gasteiger partial charge in [-0.1, -0.05) is 24.8 Å². The smallest absolute Gasteiger partial charge is 0.231 e. The van der Waals surface area contributed by atoms with Crippen LogP contribution in [0.2, 0.25) is 0 Å². The maximum atomic E-state index is 11.5. The molecule has 0 aromatic heterocycles. The number of ether oxygens (including phenoxy) is 1. The van der Waals surface area contributed by atoms with Gasteiger partial charge in [0.15, 0.2) is 5.76 Å². The van der Waals surface area contributed by atoms with E-state index in [0.29, 0.717) is 17.1 Å². The van der Waals surface area contributed by atoms with Crippen LogP contribution < -0.4 is 4.74 Å². The maximum Gasteiger partial charge on any atom is 0.231 e. The summed E-state index contributed by atoms with van der Waals surface area (Å²) in [6.07, 6.45) is 3.11. The van der Waals surface area contributed by atoms with E-state index in [1.54, 1.807) is 24.3 Å². The second-order valence-corrected chi connectivity index (χ2v) is 2.69. The molecule has 0 saturated heterocycles. The zero-order valence-corrected chi connectivity index (χ0v) is 6.99. The minimum Gasteiger partial charge on any atom is -0.452 e. The molecule has 2 heteroatoms. The average molecular weight is 172 g/mol. The van der Waals surface area contributed by atoms with Crippen molar-refractivity contribution in [1.82, 2.24) is 0 Å². The number of benzene rings is 1. The van der Waals surface area contributed by atoms with E-state index in [4.69, 9.17) is 4.74 Å². The van der Waals surface area contributed by atoms with Crippen molar-refractivity contribution in [3.05, 3.63) is 54.3 Å². The molecule has 0 atom stereocenters. The van der Waals surface area contributed by atoms with Gasteiger partial charge in [-0.15, -0.1) is 0 Å². The molecule has 0 radical (unpaired) electrons. The quantitative estimate of drug-likeness (QED) is 0.608. The van der Waals surface area contributed by atoms with Crippen LogP contribution in [0.1, 0.15) is 10.4 Å². The number of hydrogen-bond acceptors (Lipinski definition) is 2. The van der Waals surface area contributed by atoms with Crippen LogP contribution in [-0.2, 0) is 0 Å². The van der Waals surface area contributed by atoms with Crippen LogP contribution in [-0.4, -0.2) is 5.78 Å². The van der Waals surface area contributed by atoms with Crippen LogP contribution in [0, 0.1) is 0 Å². The Morgan fingerprint density at radius 1 is 1.31 bits per heavy atom. The van der Waals surface area contributed by atoms with E-state index >= 15 is 0 Å². The van der Waals surface area contributed by atoms with Crippen molar-refractivity contribution in [2.24, 2.45) is 0 Å². The third kappa shape index (κ3) is 1.16. The fourth-order valence-electron chi connectivity index (χ4n) is 1.26. The van der Waals surface area contributed by atoms with Crippen LogP contribution >= 0.6 is 0 Å². The molecule has 0 aliphatic carbocycles. The Balaban J connectivity index is 2.49. The SMILES string of the molecule is C=C/C=C1\Oc2ccccc2C1=O. The fourth-order valence-corrected chi connectivity index (χ4v) is 1.26. The van der Waals surface area contributed by atoms with Crippen LogP contribution in [0.5, 0.6) is 5.75 Å². The number of rotatable bonds is 1. The van der Waals surface area contributed by atoms with Crippen molar-refractivity contribution in [3.63, 3.8) is 0 Å². The van der Waals surface area contributed by atoms with Gasteiger partial charge in [0.2, 0.25) is 5.78 Å². The van der Waals surface area contributed by atoms with Gasteiger partial charge in [0, 0.05) is 0 Å². The molecule has 0 spiro atoms. The van der Waals surface area contributed by atoms with Gasteiger partial charge in [-0.3, -0.25) is 4.79 Å². The van der Waals surface area contributed by atoms with E-state index in [1.165, 1.54) is 0 Å². The molecule has 0 bridgehead atoms. The van der Waals surface area contributed by atoms with Gasteiger partial charge in [-0.25, -0.2) is 0 Å². The number of carbonyl (C=O) groups excluding carboxylic acids is 1. The van der Waals surface area contributed by atoms with Crippen LogP contribution in [0.25, 0.3) is 0 Å². The summed E-state index contributed by atoms with van der Waals surface area (Å²) in [6, 6.07) is 7.18. The molecule has 1 aromatic rings. The van der Waals surface area contributed by atoms with Crippen molar-refractivity contribution in [2.75, 3.05) is 0 Å². The number of Topliss-reactive ketones (excluding diaryl/α,β-unsaturated/α-hetero) is 1. The molecule has 13 heavy (non-hydrogen) atoms. The van der Waals surface area contributed by atoms with E-state index in [1.807, 2.05) is 12.1 Å². The van der Waals surface area contributed by atoms with Gasteiger partial charge in [-0.05, 0) is 18.2 Å². The predicted molar refractivity (Wildman–Crippen MR) is 49.7 cm³/mol. The lowest BCUT2D eigenvalue weighted by Gasteiger charge is -1.94. The largest absolute Gasteiger partial charge is 0.452 e. The third-order valence-electron chi connectivity index (χ3n) is 1.84. The Morgan fingerprint density at radius 2 is 2.08 bits per heavy atom. The van der Waals surface area contributed by atoms with Gasteiger partial charge in [-0.2, -0.15) is 0 Å². The highest BCUT2D eigenvalue weighted by Gasteiger charge is 2.25. The minimum absolute atomic E-state index is 0.0736. The second kappa shape index (κ2) is 2.90. The van der Waals surface area contributed by atoms with E-state index < -0.39 is 0 Å². The molecule has 1 aliphatic rings. The highest BCUT2D eigenvalue weighted by molar-refractivity contribution is 6.12. The summed E-state index contributed by atoms with van der Waals surface area (Å²) in [7, 11) is 0. The van der Waals surface area contributed by atoms with Gasteiger partial charge < -0.3 is 4.74 Å². The number of para-hydroxylation sites is 1. The summed E-state index contributed by atoms with van der Waals surface area (Å²) in [6.45, 7) is 3.51. The summed E-state index contributed by atoms with van der Waals surface area (Å²) in [5.41, 5.74) is 0.621. The number of allylic oxidation sites excluding steroid dienone is 3. The van der Waals surface area contributed by atoms with Crippen molar-refractivity contribution in [3.8, 4) is 5.75 Å². The van der Waals surface area contributed by atoms with Crippen molar-refractivity contribution in [1.29, 1.82) is 0 Å². The van der Waals surface area contributed by atoms with Crippen molar-refractivity contribution >= 4 is 5.78 Å². The summed E-state index contributed by atoms with van der Waals surface area (Å²) >= 11 is 0. The van der Waals surface area contributed by atoms with E-state index in [0.717, 1.165) is 0 Å². The zero-order chi connectivity index (χ0) is 9.26. The second-order valence-electron chi connectivity index (χ2n) is 2.69. The van der Waals surface area contributed by atoms with Gasteiger partial charge in [0.05, 0.1) is 5.56 Å². The third-order valence-corrected chi connectivity index (χ3v) is 1.84. The highest BCUT2D eigenvalue weighted by Crippen LogP contribution is 2.29. The molecule has 2 rings (SSSR count). The zero-order valence-electron chi connectivity index (χ0n) is 6.99. The van der Waals surface area contributed by atoms with Crippen LogP contribution in [0.3, 0.4) is 0 Å². The normalized spacial score (nSPS) is 16.9. The number of fused-ring (bicyclic) bond motifs is 1. The molecule has 0 amide bonds. The molecule has 0 N–H and O–H groups in total. The number of carbonyl (C=O) groups is 1. The molecule has 1 heterocycles. The molecule has 1 aliphatic heterocycles. The molecule has 2 nitrogen and oxygen atoms in total. The molecule has 0 unspecified atom stereocenters. The van der Waals surface area contributed by atoms with Crippen molar-refractivity contribution < 1.29 is 9.53 Å². The van der Waals surface area contributed by atoms with E-state index in [2.05, 4.69) is 6.58 Å². The van der Waals surface area contributed by atoms with E-state index in [-0.39, 0.29) is 5.78 Å². The van der Waals surface area contributed by atoms with Gasteiger partial charge >= 0.3 is 0 Å². The molecular formula is C11H8O2. The Labute approximate surface area is 76.1 Å². The summed E-state index contributed by atoms with van der Waals surface area (Å²) in [4.78, 5) is 11.5. The summed E-state index contributed by atoms with van der Waals surface area (Å²) in [5.74, 6) is 0.896. The predicted octanol–water partition coefficient (Wildman–Crippen LogP) is 2.33. The van der Waals surface area contributed by atoms with E-state index in [9.17, 15) is 4.79 Å². The van der Waals surface area contributed by atoms with Crippen molar-refractivity contribution in [2.45, 2.75) is 0 Å². The number of hydrogen-bond donors (Lipinski definition) is 0. The lowest BCUT2D eigenvalue weighted by molar-refractivity contribution is 0.101. The van der Waals surface area contributed by atoms with Crippen LogP contribution in [0.4, 0.5) is 0 Å². The molecule has 0 saturated carbocycles. The lowest BCUT2D eigenvalue weighted by Crippen LogP contribution is -1.97. The first-order valence-corrected chi connectivity index (χ1v) is 3.97. The molecular weight excluding hydrogens is 164 g/mol. The van der Waals surface area contributed by atoms with Gasteiger partial charge in [0.25, 0.3) is 0 Å². The lowest BCUT2D eigenvalue weighted by atomic mass is 10.1. The van der Waals surface area contributed by atoms with Crippen LogP contribution in [0.15, 0.2) is 48.8 Å². The Kier molecular flexibility index (Phi) is 1.74. The fraction of sp³-hybridized carbons (Fsp3) is 0. The Morgan fingerprint density at radius 3 is 2.77 bits per heavy atom. The maximum absolute atomic E-state index is 11.5. The summed E-state index contributed by atoms with van der Waals surface area (Å²) in [5, 5.41) is 0. The first-order chi connectivity index (χ1) is 6.33. The summed E-state index contributed by atoms with van der Waals surface area (Å²) < 4.78 is 5.30. The number of ketones is 1. The molecule has 64 valence electrons. The highest BCUT2D eigenvalue weighted by atomic mass is 16.5.